The number of rotatable bonds is 11. The largest absolute Gasteiger partial charge is 0.481 e. The van der Waals surface area contributed by atoms with Crippen LogP contribution in [0.4, 0.5) is 10.2 Å². The molecule has 0 fully saturated rings. The summed E-state index contributed by atoms with van der Waals surface area (Å²) in [6.07, 6.45) is 7.40. The molecule has 0 saturated heterocycles. The van der Waals surface area contributed by atoms with E-state index in [0.717, 1.165) is 48.1 Å². The van der Waals surface area contributed by atoms with Crippen LogP contribution in [0.1, 0.15) is 56.4 Å². The molecule has 35 heavy (non-hydrogen) atoms. The summed E-state index contributed by atoms with van der Waals surface area (Å²) in [6, 6.07) is 5.33. The van der Waals surface area contributed by atoms with Gasteiger partial charge in [-0.15, -0.1) is 0 Å². The third-order valence-corrected chi connectivity index (χ3v) is 5.94. The number of carbonyl (C=O) groups excluding carboxylic acids is 1. The molecule has 186 valence electrons. The van der Waals surface area contributed by atoms with Crippen molar-refractivity contribution in [3.8, 4) is 17.3 Å². The molecule has 0 aliphatic carbocycles. The minimum atomic E-state index is -0.694. The number of unbranched alkanes of at least 4 members (excludes halogenated alkanes) is 1. The van der Waals surface area contributed by atoms with Gasteiger partial charge in [0, 0.05) is 36.1 Å². The SMILES string of the molecule is CCCCc1cc(-c2ncccn2)c(C)nc1NCN(CC)C(=O)[C@H](C)c1cc(OC)ncc1F. The second kappa shape index (κ2) is 12.2. The average molecular weight is 481 g/mol. The van der Waals surface area contributed by atoms with Crippen LogP contribution < -0.4 is 10.1 Å². The van der Waals surface area contributed by atoms with E-state index >= 15 is 0 Å². The molecule has 0 aliphatic heterocycles. The summed E-state index contributed by atoms with van der Waals surface area (Å²) in [5.74, 6) is 0.203. The van der Waals surface area contributed by atoms with Crippen molar-refractivity contribution in [3.05, 3.63) is 59.4 Å². The van der Waals surface area contributed by atoms with Crippen molar-refractivity contribution in [1.29, 1.82) is 0 Å². The molecular formula is C26H33FN6O2. The Hall–Kier alpha value is -3.62. The molecule has 3 heterocycles. The van der Waals surface area contributed by atoms with Crippen LogP contribution in [0.5, 0.6) is 5.88 Å². The number of amides is 1. The molecule has 0 unspecified atom stereocenters. The van der Waals surface area contributed by atoms with E-state index in [9.17, 15) is 9.18 Å². The highest BCUT2D eigenvalue weighted by atomic mass is 19.1. The number of ether oxygens (including phenoxy) is 1. The lowest BCUT2D eigenvalue weighted by atomic mass is 10.0. The van der Waals surface area contributed by atoms with Crippen LogP contribution in [0.15, 0.2) is 36.8 Å². The number of aryl methyl sites for hydroxylation is 2. The summed E-state index contributed by atoms with van der Waals surface area (Å²) in [6.45, 7) is 8.34. The third kappa shape index (κ3) is 6.29. The molecule has 3 aromatic heterocycles. The Morgan fingerprint density at radius 3 is 2.60 bits per heavy atom. The molecule has 8 nitrogen and oxygen atoms in total. The predicted octanol–water partition coefficient (Wildman–Crippen LogP) is 4.75. The van der Waals surface area contributed by atoms with E-state index in [4.69, 9.17) is 9.72 Å². The van der Waals surface area contributed by atoms with Crippen LogP contribution in [0, 0.1) is 12.7 Å². The summed E-state index contributed by atoms with van der Waals surface area (Å²) >= 11 is 0. The fraction of sp³-hybridized carbons (Fsp3) is 0.423. The lowest BCUT2D eigenvalue weighted by Gasteiger charge is -2.26. The van der Waals surface area contributed by atoms with Crippen LogP contribution >= 0.6 is 0 Å². The Labute approximate surface area is 206 Å². The quantitative estimate of drug-likeness (QED) is 0.396. The number of anilines is 1. The second-order valence-electron chi connectivity index (χ2n) is 8.30. The van der Waals surface area contributed by atoms with E-state index < -0.39 is 11.7 Å². The van der Waals surface area contributed by atoms with Gasteiger partial charge >= 0.3 is 0 Å². The van der Waals surface area contributed by atoms with Crippen LogP contribution in [0.2, 0.25) is 0 Å². The van der Waals surface area contributed by atoms with Crippen molar-refractivity contribution in [2.24, 2.45) is 0 Å². The first-order valence-corrected chi connectivity index (χ1v) is 11.9. The van der Waals surface area contributed by atoms with E-state index in [0.29, 0.717) is 12.4 Å². The number of likely N-dealkylation sites (N-methyl/N-ethyl adjacent to an activating group) is 1. The molecule has 1 atom stereocenters. The Morgan fingerprint density at radius 1 is 1.20 bits per heavy atom. The Kier molecular flexibility index (Phi) is 9.05. The standard InChI is InChI=1S/C26H33FN6O2/c1-6-8-10-19-13-21(25-28-11-9-12-29-25)18(4)32-24(19)31-16-33(7-2)26(34)17(3)20-14-23(35-5)30-15-22(20)27/h9,11-15,17H,6-8,10,16H2,1-5H3,(H,31,32)/t17-/m1/s1. The van der Waals surface area contributed by atoms with E-state index in [2.05, 4.69) is 33.3 Å². The molecule has 3 rings (SSSR count). The smallest absolute Gasteiger partial charge is 0.231 e. The average Bonchev–Trinajstić information content (AvgIpc) is 2.88. The molecule has 0 aliphatic rings. The number of carbonyl (C=O) groups is 1. The number of hydrogen-bond acceptors (Lipinski definition) is 7. The van der Waals surface area contributed by atoms with Gasteiger partial charge in [-0.1, -0.05) is 13.3 Å². The monoisotopic (exact) mass is 480 g/mol. The maximum Gasteiger partial charge on any atom is 0.231 e. The molecule has 1 amide bonds. The summed E-state index contributed by atoms with van der Waals surface area (Å²) in [4.78, 5) is 32.3. The van der Waals surface area contributed by atoms with Crippen molar-refractivity contribution in [1.82, 2.24) is 24.8 Å². The van der Waals surface area contributed by atoms with Gasteiger partial charge in [0.05, 0.1) is 31.6 Å². The number of methoxy groups -OCH3 is 1. The van der Waals surface area contributed by atoms with Crippen molar-refractivity contribution in [2.45, 2.75) is 52.9 Å². The molecular weight excluding hydrogens is 447 g/mol. The summed E-state index contributed by atoms with van der Waals surface area (Å²) in [5.41, 5.74) is 2.99. The van der Waals surface area contributed by atoms with Gasteiger partial charge in [0.15, 0.2) is 5.82 Å². The fourth-order valence-electron chi connectivity index (χ4n) is 3.82. The lowest BCUT2D eigenvalue weighted by molar-refractivity contribution is -0.132. The van der Waals surface area contributed by atoms with Gasteiger partial charge in [-0.25, -0.2) is 24.3 Å². The number of hydrogen-bond donors (Lipinski definition) is 1. The van der Waals surface area contributed by atoms with Crippen LogP contribution in [-0.4, -0.2) is 51.1 Å². The fourth-order valence-corrected chi connectivity index (χ4v) is 3.82. The number of aromatic nitrogens is 4. The first kappa shape index (κ1) is 26.0. The molecule has 0 bridgehead atoms. The Bertz CT molecular complexity index is 1140. The maximum atomic E-state index is 14.4. The van der Waals surface area contributed by atoms with Gasteiger partial charge in [0.2, 0.25) is 11.8 Å². The van der Waals surface area contributed by atoms with E-state index in [-0.39, 0.29) is 24.0 Å². The minimum absolute atomic E-state index is 0.201. The van der Waals surface area contributed by atoms with Crippen LogP contribution in [-0.2, 0) is 11.2 Å². The zero-order valence-electron chi connectivity index (χ0n) is 21.0. The van der Waals surface area contributed by atoms with Crippen LogP contribution in [0.3, 0.4) is 0 Å². The van der Waals surface area contributed by atoms with E-state index in [1.807, 2.05) is 13.8 Å². The molecule has 0 saturated carbocycles. The first-order valence-electron chi connectivity index (χ1n) is 11.9. The topological polar surface area (TPSA) is 93.1 Å². The van der Waals surface area contributed by atoms with Crippen molar-refractivity contribution >= 4 is 11.7 Å². The highest BCUT2D eigenvalue weighted by Crippen LogP contribution is 2.27. The van der Waals surface area contributed by atoms with Gasteiger partial charge in [-0.2, -0.15) is 0 Å². The zero-order valence-corrected chi connectivity index (χ0v) is 21.0. The minimum Gasteiger partial charge on any atom is -0.481 e. The van der Waals surface area contributed by atoms with Crippen molar-refractivity contribution in [2.75, 3.05) is 25.6 Å². The Morgan fingerprint density at radius 2 is 1.94 bits per heavy atom. The zero-order chi connectivity index (χ0) is 25.4. The molecule has 9 heteroatoms. The number of halogens is 1. The van der Waals surface area contributed by atoms with Crippen molar-refractivity contribution in [3.63, 3.8) is 0 Å². The van der Waals surface area contributed by atoms with Gasteiger partial charge in [-0.05, 0) is 51.3 Å². The van der Waals surface area contributed by atoms with Gasteiger partial charge in [0.25, 0.3) is 0 Å². The number of nitrogens with zero attached hydrogens (tertiary/aromatic N) is 5. The molecule has 0 spiro atoms. The lowest BCUT2D eigenvalue weighted by Crippen LogP contribution is -2.38. The molecule has 0 aromatic carbocycles. The molecule has 0 radical (unpaired) electrons. The Balaban J connectivity index is 1.82. The summed E-state index contributed by atoms with van der Waals surface area (Å²) in [7, 11) is 1.46. The molecule has 3 aromatic rings. The van der Waals surface area contributed by atoms with Gasteiger partial charge < -0.3 is 15.0 Å². The number of pyridine rings is 2. The van der Waals surface area contributed by atoms with E-state index in [1.165, 1.54) is 13.2 Å². The number of nitrogens with one attached hydrogen (secondary N) is 1. The second-order valence-corrected chi connectivity index (χ2v) is 8.30. The third-order valence-electron chi connectivity index (χ3n) is 5.94. The van der Waals surface area contributed by atoms with E-state index in [1.54, 1.807) is 30.3 Å². The van der Waals surface area contributed by atoms with Gasteiger partial charge in [0.1, 0.15) is 11.6 Å². The highest BCUT2D eigenvalue weighted by molar-refractivity contribution is 5.83. The summed E-state index contributed by atoms with van der Waals surface area (Å²) < 4.78 is 19.5. The predicted molar refractivity (Wildman–Crippen MR) is 134 cm³/mol. The maximum absolute atomic E-state index is 14.4. The first-order chi connectivity index (χ1) is 16.9. The molecule has 1 N–H and O–H groups in total. The highest BCUT2D eigenvalue weighted by Gasteiger charge is 2.25. The normalized spacial score (nSPS) is 11.7. The van der Waals surface area contributed by atoms with Gasteiger partial charge in [-0.3, -0.25) is 4.79 Å². The van der Waals surface area contributed by atoms with Crippen LogP contribution in [0.25, 0.3) is 11.4 Å². The van der Waals surface area contributed by atoms with Crippen molar-refractivity contribution < 1.29 is 13.9 Å². The summed E-state index contributed by atoms with van der Waals surface area (Å²) in [5, 5.41) is 3.34.